The molecule has 0 bridgehead atoms. The van der Waals surface area contributed by atoms with Crippen molar-refractivity contribution in [2.75, 3.05) is 0 Å². The second-order valence-corrected chi connectivity index (χ2v) is 9.91. The van der Waals surface area contributed by atoms with Gasteiger partial charge in [-0.3, -0.25) is 0 Å². The Labute approximate surface area is 182 Å². The van der Waals surface area contributed by atoms with Crippen LogP contribution in [0.1, 0.15) is 16.3 Å². The standard InChI is InChI=1S/C19H17ClN6O2S2/c1-14-23-17(12-29-14)11-25(30(27,28)19-8-4-16(20)5-9-19)10-15-2-6-18(7-3-15)26-22-13-21-24-26/h2-9,12-13H,10-11H2,1H3. The average Bonchev–Trinajstić information content (AvgIpc) is 3.40. The van der Waals surface area contributed by atoms with Gasteiger partial charge in [0, 0.05) is 16.9 Å². The summed E-state index contributed by atoms with van der Waals surface area (Å²) in [7, 11) is -3.76. The van der Waals surface area contributed by atoms with Gasteiger partial charge in [-0.1, -0.05) is 23.7 Å². The lowest BCUT2D eigenvalue weighted by Gasteiger charge is -2.22. The number of thiazole rings is 1. The van der Waals surface area contributed by atoms with Gasteiger partial charge in [0.2, 0.25) is 10.0 Å². The van der Waals surface area contributed by atoms with Crippen LogP contribution in [-0.4, -0.2) is 37.9 Å². The van der Waals surface area contributed by atoms with Gasteiger partial charge in [-0.05, 0) is 54.1 Å². The third kappa shape index (κ3) is 4.57. The number of nitrogens with zero attached hydrogens (tertiary/aromatic N) is 6. The lowest BCUT2D eigenvalue weighted by molar-refractivity contribution is 0.397. The summed E-state index contributed by atoms with van der Waals surface area (Å²) in [6.07, 6.45) is 1.35. The minimum atomic E-state index is -3.76. The zero-order valence-electron chi connectivity index (χ0n) is 15.9. The quantitative estimate of drug-likeness (QED) is 0.419. The molecule has 4 rings (SSSR count). The molecule has 0 aliphatic rings. The molecule has 0 fully saturated rings. The maximum Gasteiger partial charge on any atom is 0.243 e. The average molecular weight is 461 g/mol. The molecule has 8 nitrogen and oxygen atoms in total. The molecule has 0 atom stereocenters. The molecule has 0 radical (unpaired) electrons. The molecule has 0 N–H and O–H groups in total. The van der Waals surface area contributed by atoms with Crippen molar-refractivity contribution in [1.29, 1.82) is 0 Å². The second-order valence-electron chi connectivity index (χ2n) is 6.48. The number of benzene rings is 2. The van der Waals surface area contributed by atoms with Crippen molar-refractivity contribution in [3.63, 3.8) is 0 Å². The van der Waals surface area contributed by atoms with Crippen molar-refractivity contribution < 1.29 is 8.42 Å². The Kier molecular flexibility index (Phi) is 5.91. The highest BCUT2D eigenvalue weighted by Crippen LogP contribution is 2.23. The molecule has 2 aromatic heterocycles. The zero-order valence-corrected chi connectivity index (χ0v) is 18.3. The Morgan fingerprint density at radius 3 is 2.40 bits per heavy atom. The summed E-state index contributed by atoms with van der Waals surface area (Å²) >= 11 is 7.42. The smallest absolute Gasteiger partial charge is 0.243 e. The highest BCUT2D eigenvalue weighted by molar-refractivity contribution is 7.89. The van der Waals surface area contributed by atoms with Gasteiger partial charge < -0.3 is 0 Å². The van der Waals surface area contributed by atoms with E-state index in [1.165, 1.54) is 38.9 Å². The van der Waals surface area contributed by atoms with Crippen molar-refractivity contribution in [2.45, 2.75) is 24.9 Å². The van der Waals surface area contributed by atoms with Gasteiger partial charge in [-0.15, -0.1) is 26.3 Å². The number of hydrogen-bond donors (Lipinski definition) is 0. The number of aryl methyl sites for hydroxylation is 1. The van der Waals surface area contributed by atoms with Gasteiger partial charge in [0.15, 0.2) is 6.33 Å². The summed E-state index contributed by atoms with van der Waals surface area (Å²) in [5.41, 5.74) is 2.26. The Morgan fingerprint density at radius 2 is 1.80 bits per heavy atom. The first-order chi connectivity index (χ1) is 14.4. The molecular formula is C19H17ClN6O2S2. The summed E-state index contributed by atoms with van der Waals surface area (Å²) in [6, 6.07) is 13.5. The molecule has 0 aliphatic heterocycles. The summed E-state index contributed by atoms with van der Waals surface area (Å²) in [4.78, 5) is 6.00. The van der Waals surface area contributed by atoms with E-state index in [-0.39, 0.29) is 18.0 Å². The van der Waals surface area contributed by atoms with Crippen LogP contribution in [0.4, 0.5) is 0 Å². The zero-order chi connectivity index (χ0) is 21.1. The first-order valence-electron chi connectivity index (χ1n) is 8.91. The van der Waals surface area contributed by atoms with E-state index in [0.29, 0.717) is 10.7 Å². The molecule has 0 aliphatic carbocycles. The largest absolute Gasteiger partial charge is 0.245 e. The van der Waals surface area contributed by atoms with E-state index < -0.39 is 10.0 Å². The Balaban J connectivity index is 1.64. The monoisotopic (exact) mass is 460 g/mol. The van der Waals surface area contributed by atoms with E-state index in [1.807, 2.05) is 36.6 Å². The third-order valence-corrected chi connectivity index (χ3v) is 7.21. The Hall–Kier alpha value is -2.66. The summed E-state index contributed by atoms with van der Waals surface area (Å²) in [6.45, 7) is 2.25. The predicted octanol–water partition coefficient (Wildman–Crippen LogP) is 3.47. The number of halogens is 1. The van der Waals surface area contributed by atoms with Crippen molar-refractivity contribution >= 4 is 33.0 Å². The normalized spacial score (nSPS) is 11.8. The molecule has 11 heteroatoms. The maximum atomic E-state index is 13.3. The molecule has 154 valence electrons. The number of hydrogen-bond acceptors (Lipinski definition) is 7. The molecule has 0 saturated heterocycles. The second kappa shape index (κ2) is 8.60. The number of tetrazole rings is 1. The van der Waals surface area contributed by atoms with Crippen LogP contribution in [0.2, 0.25) is 5.02 Å². The first kappa shape index (κ1) is 20.6. The molecular weight excluding hydrogens is 444 g/mol. The van der Waals surface area contributed by atoms with Gasteiger partial charge in [-0.2, -0.15) is 4.31 Å². The van der Waals surface area contributed by atoms with Gasteiger partial charge >= 0.3 is 0 Å². The fourth-order valence-electron chi connectivity index (χ4n) is 2.87. The van der Waals surface area contributed by atoms with Crippen LogP contribution in [0.15, 0.2) is 65.1 Å². The van der Waals surface area contributed by atoms with Crippen molar-refractivity contribution in [1.82, 2.24) is 29.5 Å². The fourth-order valence-corrected chi connectivity index (χ4v) is 5.00. The summed E-state index contributed by atoms with van der Waals surface area (Å²) in [5.74, 6) is 0. The Bertz CT molecular complexity index is 1220. The molecule has 30 heavy (non-hydrogen) atoms. The van der Waals surface area contributed by atoms with Crippen molar-refractivity contribution in [3.05, 3.63) is 81.5 Å². The third-order valence-electron chi connectivity index (χ3n) is 4.33. The number of aromatic nitrogens is 5. The summed E-state index contributed by atoms with van der Waals surface area (Å²) in [5, 5.41) is 14.8. The maximum absolute atomic E-state index is 13.3. The van der Waals surface area contributed by atoms with Crippen LogP contribution < -0.4 is 0 Å². The van der Waals surface area contributed by atoms with Gasteiger partial charge in [0.05, 0.1) is 27.8 Å². The first-order valence-corrected chi connectivity index (χ1v) is 11.6. The minimum Gasteiger partial charge on any atom is -0.245 e. The SMILES string of the molecule is Cc1nc(CN(Cc2ccc(-n3ncnn3)cc2)S(=O)(=O)c2ccc(Cl)cc2)cs1. The van der Waals surface area contributed by atoms with Crippen LogP contribution >= 0.6 is 22.9 Å². The molecule has 0 amide bonds. The van der Waals surface area contributed by atoms with E-state index in [0.717, 1.165) is 16.3 Å². The topological polar surface area (TPSA) is 93.9 Å². The highest BCUT2D eigenvalue weighted by Gasteiger charge is 2.26. The molecule has 0 saturated carbocycles. The van der Waals surface area contributed by atoms with Crippen LogP contribution in [0, 0.1) is 6.92 Å². The Morgan fingerprint density at radius 1 is 1.07 bits per heavy atom. The molecule has 2 heterocycles. The van der Waals surface area contributed by atoms with E-state index in [2.05, 4.69) is 20.4 Å². The van der Waals surface area contributed by atoms with Crippen LogP contribution in [0.25, 0.3) is 5.69 Å². The van der Waals surface area contributed by atoms with Crippen molar-refractivity contribution in [3.8, 4) is 5.69 Å². The molecule has 4 aromatic rings. The van der Waals surface area contributed by atoms with Crippen LogP contribution in [0.5, 0.6) is 0 Å². The molecule has 0 spiro atoms. The lowest BCUT2D eigenvalue weighted by atomic mass is 10.2. The predicted molar refractivity (Wildman–Crippen MR) is 114 cm³/mol. The number of sulfonamides is 1. The van der Waals surface area contributed by atoms with E-state index in [1.54, 1.807) is 12.1 Å². The van der Waals surface area contributed by atoms with Gasteiger partial charge in [0.25, 0.3) is 0 Å². The lowest BCUT2D eigenvalue weighted by Crippen LogP contribution is -2.30. The molecule has 2 aromatic carbocycles. The van der Waals surface area contributed by atoms with Crippen LogP contribution in [0.3, 0.4) is 0 Å². The van der Waals surface area contributed by atoms with Crippen LogP contribution in [-0.2, 0) is 23.1 Å². The highest BCUT2D eigenvalue weighted by atomic mass is 35.5. The minimum absolute atomic E-state index is 0.168. The van der Waals surface area contributed by atoms with Crippen molar-refractivity contribution in [2.24, 2.45) is 0 Å². The fraction of sp³-hybridized carbons (Fsp3) is 0.158. The van der Waals surface area contributed by atoms with E-state index in [4.69, 9.17) is 11.6 Å². The molecule has 0 unspecified atom stereocenters. The van der Waals surface area contributed by atoms with E-state index >= 15 is 0 Å². The summed E-state index contributed by atoms with van der Waals surface area (Å²) < 4.78 is 28.1. The van der Waals surface area contributed by atoms with Gasteiger partial charge in [-0.25, -0.2) is 13.4 Å². The van der Waals surface area contributed by atoms with E-state index in [9.17, 15) is 8.42 Å². The number of rotatable bonds is 7. The van der Waals surface area contributed by atoms with Gasteiger partial charge in [0.1, 0.15) is 0 Å².